The summed E-state index contributed by atoms with van der Waals surface area (Å²) in [4.78, 5) is 16.5. The van der Waals surface area contributed by atoms with Gasteiger partial charge in [-0.1, -0.05) is 48.5 Å². The number of hydrogen-bond acceptors (Lipinski definition) is 3. The normalized spacial score (nSPS) is 11.8. The molecule has 0 aliphatic heterocycles. The lowest BCUT2D eigenvalue weighted by atomic mass is 10.0. The summed E-state index contributed by atoms with van der Waals surface area (Å²) in [5, 5.41) is 6.60. The van der Waals surface area contributed by atoms with Crippen LogP contribution in [0.2, 0.25) is 0 Å². The van der Waals surface area contributed by atoms with Gasteiger partial charge in [-0.2, -0.15) is 5.10 Å². The molecule has 1 aromatic heterocycles. The van der Waals surface area contributed by atoms with Crippen LogP contribution in [-0.2, 0) is 11.3 Å². The molecule has 27 heavy (non-hydrogen) atoms. The average molecular weight is 356 g/mol. The van der Waals surface area contributed by atoms with E-state index in [-0.39, 0.29) is 5.91 Å². The number of carbonyl (C=O) groups is 1. The number of fused-ring (bicyclic) bond motifs is 2. The highest BCUT2D eigenvalue weighted by Crippen LogP contribution is 2.16. The number of hydrogen-bond donors (Lipinski definition) is 1. The SMILES string of the molecule is CC(=NNC(=O)CCn1cnc2ccccc21)c1ccc2ccccc2c1. The van der Waals surface area contributed by atoms with Gasteiger partial charge in [0.2, 0.25) is 5.91 Å². The highest BCUT2D eigenvalue weighted by molar-refractivity contribution is 6.02. The fraction of sp³-hybridized carbons (Fsp3) is 0.136. The van der Waals surface area contributed by atoms with Crippen molar-refractivity contribution < 1.29 is 4.79 Å². The number of nitrogens with one attached hydrogen (secondary N) is 1. The van der Waals surface area contributed by atoms with Gasteiger partial charge in [-0.3, -0.25) is 4.79 Å². The maximum absolute atomic E-state index is 12.2. The number of amides is 1. The number of aromatic nitrogens is 2. The Bertz CT molecular complexity index is 1140. The summed E-state index contributed by atoms with van der Waals surface area (Å²) >= 11 is 0. The summed E-state index contributed by atoms with van der Waals surface area (Å²) in [7, 11) is 0. The van der Waals surface area contributed by atoms with E-state index in [1.165, 1.54) is 5.39 Å². The van der Waals surface area contributed by atoms with Crippen LogP contribution in [0.25, 0.3) is 21.8 Å². The predicted molar refractivity (Wildman–Crippen MR) is 109 cm³/mol. The molecule has 5 heteroatoms. The molecule has 0 spiro atoms. The van der Waals surface area contributed by atoms with Crippen LogP contribution in [0, 0.1) is 0 Å². The van der Waals surface area contributed by atoms with E-state index < -0.39 is 0 Å². The molecule has 0 saturated heterocycles. The van der Waals surface area contributed by atoms with Crippen molar-refractivity contribution in [2.24, 2.45) is 5.10 Å². The summed E-state index contributed by atoms with van der Waals surface area (Å²) in [6, 6.07) is 22.2. The third-order valence-electron chi connectivity index (χ3n) is 4.62. The molecule has 0 atom stereocenters. The van der Waals surface area contributed by atoms with E-state index >= 15 is 0 Å². The van der Waals surface area contributed by atoms with Gasteiger partial charge in [0.15, 0.2) is 0 Å². The van der Waals surface area contributed by atoms with Crippen molar-refractivity contribution in [1.82, 2.24) is 15.0 Å². The summed E-state index contributed by atoms with van der Waals surface area (Å²) < 4.78 is 1.98. The first-order chi connectivity index (χ1) is 13.2. The molecular formula is C22H20N4O. The second-order valence-electron chi connectivity index (χ2n) is 6.47. The van der Waals surface area contributed by atoms with Crippen LogP contribution in [-0.4, -0.2) is 21.2 Å². The van der Waals surface area contributed by atoms with E-state index in [4.69, 9.17) is 0 Å². The largest absolute Gasteiger partial charge is 0.330 e. The Morgan fingerprint density at radius 3 is 2.70 bits per heavy atom. The quantitative estimate of drug-likeness (QED) is 0.432. The van der Waals surface area contributed by atoms with Crippen molar-refractivity contribution in [3.05, 3.63) is 78.6 Å². The molecule has 0 unspecified atom stereocenters. The third-order valence-corrected chi connectivity index (χ3v) is 4.62. The van der Waals surface area contributed by atoms with Crippen LogP contribution in [0.3, 0.4) is 0 Å². The molecule has 5 nitrogen and oxygen atoms in total. The van der Waals surface area contributed by atoms with Crippen molar-refractivity contribution in [1.29, 1.82) is 0 Å². The van der Waals surface area contributed by atoms with Crippen molar-refractivity contribution in [3.8, 4) is 0 Å². The van der Waals surface area contributed by atoms with Crippen molar-refractivity contribution in [2.45, 2.75) is 19.9 Å². The summed E-state index contributed by atoms with van der Waals surface area (Å²) in [5.74, 6) is -0.118. The minimum atomic E-state index is -0.118. The minimum Gasteiger partial charge on any atom is -0.330 e. The fourth-order valence-corrected chi connectivity index (χ4v) is 3.09. The zero-order valence-electron chi connectivity index (χ0n) is 15.1. The van der Waals surface area contributed by atoms with E-state index in [9.17, 15) is 4.79 Å². The number of aryl methyl sites for hydroxylation is 1. The van der Waals surface area contributed by atoms with Crippen molar-refractivity contribution in [2.75, 3.05) is 0 Å². The molecule has 0 saturated carbocycles. The Kier molecular flexibility index (Phi) is 4.66. The average Bonchev–Trinajstić information content (AvgIpc) is 3.13. The monoisotopic (exact) mass is 356 g/mol. The van der Waals surface area contributed by atoms with E-state index in [2.05, 4.69) is 39.8 Å². The number of hydrazone groups is 1. The second kappa shape index (κ2) is 7.41. The first-order valence-corrected chi connectivity index (χ1v) is 8.93. The molecule has 0 aliphatic carbocycles. The standard InChI is InChI=1S/C22H20N4O/c1-16(18-11-10-17-6-2-3-7-19(17)14-18)24-25-22(27)12-13-26-15-23-20-8-4-5-9-21(20)26/h2-11,14-15H,12-13H2,1H3,(H,25,27). The number of rotatable bonds is 5. The Morgan fingerprint density at radius 1 is 1.04 bits per heavy atom. The second-order valence-corrected chi connectivity index (χ2v) is 6.47. The summed E-state index contributed by atoms with van der Waals surface area (Å²) in [6.45, 7) is 2.46. The Labute approximate surface area is 157 Å². The van der Waals surface area contributed by atoms with Gasteiger partial charge in [0.05, 0.1) is 23.1 Å². The summed E-state index contributed by atoms with van der Waals surface area (Å²) in [5.41, 5.74) is 6.39. The number of benzene rings is 3. The Morgan fingerprint density at radius 2 is 1.81 bits per heavy atom. The van der Waals surface area contributed by atoms with Crippen LogP contribution in [0.15, 0.2) is 78.2 Å². The molecular weight excluding hydrogens is 336 g/mol. The lowest BCUT2D eigenvalue weighted by Gasteiger charge is -2.06. The maximum Gasteiger partial charge on any atom is 0.241 e. The zero-order valence-corrected chi connectivity index (χ0v) is 15.1. The van der Waals surface area contributed by atoms with E-state index in [1.54, 1.807) is 6.33 Å². The topological polar surface area (TPSA) is 59.3 Å². The van der Waals surface area contributed by atoms with Gasteiger partial charge in [-0.05, 0) is 41.5 Å². The van der Waals surface area contributed by atoms with Gasteiger partial charge in [0.25, 0.3) is 0 Å². The van der Waals surface area contributed by atoms with E-state index in [0.29, 0.717) is 13.0 Å². The molecule has 1 N–H and O–H groups in total. The van der Waals surface area contributed by atoms with Gasteiger partial charge in [-0.25, -0.2) is 10.4 Å². The highest BCUT2D eigenvalue weighted by Gasteiger charge is 2.06. The third kappa shape index (κ3) is 3.72. The van der Waals surface area contributed by atoms with Crippen LogP contribution in [0.5, 0.6) is 0 Å². The summed E-state index contributed by atoms with van der Waals surface area (Å²) in [6.07, 6.45) is 2.11. The number of carbonyl (C=O) groups excluding carboxylic acids is 1. The van der Waals surface area contributed by atoms with Crippen LogP contribution in [0.1, 0.15) is 18.9 Å². The number of para-hydroxylation sites is 2. The molecule has 0 bridgehead atoms. The minimum absolute atomic E-state index is 0.118. The lowest BCUT2D eigenvalue weighted by molar-refractivity contribution is -0.121. The van der Waals surface area contributed by atoms with Crippen LogP contribution < -0.4 is 5.43 Å². The predicted octanol–water partition coefficient (Wildman–Crippen LogP) is 4.12. The molecule has 4 rings (SSSR count). The number of imidazole rings is 1. The highest BCUT2D eigenvalue weighted by atomic mass is 16.2. The molecule has 1 amide bonds. The first kappa shape index (κ1) is 17.0. The van der Waals surface area contributed by atoms with Crippen LogP contribution >= 0.6 is 0 Å². The molecule has 134 valence electrons. The van der Waals surface area contributed by atoms with Gasteiger partial charge in [-0.15, -0.1) is 0 Å². The molecule has 0 radical (unpaired) electrons. The molecule has 3 aromatic carbocycles. The molecule has 1 heterocycles. The van der Waals surface area contributed by atoms with Crippen molar-refractivity contribution in [3.63, 3.8) is 0 Å². The molecule has 0 aliphatic rings. The van der Waals surface area contributed by atoms with Gasteiger partial charge in [0.1, 0.15) is 0 Å². The zero-order chi connectivity index (χ0) is 18.6. The Hall–Kier alpha value is -3.47. The molecule has 4 aromatic rings. The van der Waals surface area contributed by atoms with Crippen LogP contribution in [0.4, 0.5) is 0 Å². The van der Waals surface area contributed by atoms with Gasteiger partial charge < -0.3 is 4.57 Å². The smallest absolute Gasteiger partial charge is 0.241 e. The Balaban J connectivity index is 1.39. The van der Waals surface area contributed by atoms with E-state index in [0.717, 1.165) is 27.7 Å². The van der Waals surface area contributed by atoms with Gasteiger partial charge in [0, 0.05) is 13.0 Å². The van der Waals surface area contributed by atoms with E-state index in [1.807, 2.05) is 54.0 Å². The molecule has 0 fully saturated rings. The fourth-order valence-electron chi connectivity index (χ4n) is 3.09. The van der Waals surface area contributed by atoms with Gasteiger partial charge >= 0.3 is 0 Å². The lowest BCUT2D eigenvalue weighted by Crippen LogP contribution is -2.20. The van der Waals surface area contributed by atoms with Crippen molar-refractivity contribution >= 4 is 33.4 Å². The maximum atomic E-state index is 12.2. The first-order valence-electron chi connectivity index (χ1n) is 8.93. The number of nitrogens with zero attached hydrogens (tertiary/aromatic N) is 3.